The van der Waals surface area contributed by atoms with Gasteiger partial charge >= 0.3 is 5.97 Å². The van der Waals surface area contributed by atoms with Gasteiger partial charge in [0.15, 0.2) is 6.61 Å². The van der Waals surface area contributed by atoms with E-state index < -0.39 is 5.97 Å². The number of rotatable bonds is 7. The molecule has 0 radical (unpaired) electrons. The van der Waals surface area contributed by atoms with Crippen molar-refractivity contribution in [2.24, 2.45) is 5.92 Å². The summed E-state index contributed by atoms with van der Waals surface area (Å²) >= 11 is 4.95. The van der Waals surface area contributed by atoms with E-state index in [2.05, 4.69) is 29.5 Å². The monoisotopic (exact) mass is 220 g/mol. The highest BCUT2D eigenvalue weighted by Crippen LogP contribution is 1.86. The maximum atomic E-state index is 10.0. The van der Waals surface area contributed by atoms with Crippen molar-refractivity contribution in [2.75, 3.05) is 19.7 Å². The molecule has 0 saturated heterocycles. The fourth-order valence-electron chi connectivity index (χ4n) is 0.610. The molecule has 0 aliphatic rings. The van der Waals surface area contributed by atoms with Crippen LogP contribution in [0.5, 0.6) is 0 Å². The van der Waals surface area contributed by atoms with Gasteiger partial charge in [0.1, 0.15) is 0 Å². The number of hydroxylamine groups is 1. The Morgan fingerprint density at radius 1 is 1.57 bits per heavy atom. The molecule has 0 aromatic rings. The Morgan fingerprint density at radius 3 is 2.71 bits per heavy atom. The topological polar surface area (TPSA) is 70.6 Å². The predicted molar refractivity (Wildman–Crippen MR) is 57.0 cm³/mol. The zero-order valence-electron chi connectivity index (χ0n) is 8.37. The molecule has 0 aromatic heterocycles. The minimum atomic E-state index is -1.02. The van der Waals surface area contributed by atoms with E-state index in [1.54, 1.807) is 0 Å². The van der Waals surface area contributed by atoms with Gasteiger partial charge < -0.3 is 10.4 Å². The molecule has 0 spiro atoms. The van der Waals surface area contributed by atoms with Crippen LogP contribution in [0.1, 0.15) is 13.8 Å². The van der Waals surface area contributed by atoms with Crippen LogP contribution < -0.4 is 10.8 Å². The molecular weight excluding hydrogens is 204 g/mol. The van der Waals surface area contributed by atoms with Crippen LogP contribution in [0.25, 0.3) is 0 Å². The second-order valence-corrected chi connectivity index (χ2v) is 3.69. The van der Waals surface area contributed by atoms with Crippen LogP contribution in [0, 0.1) is 5.92 Å². The van der Waals surface area contributed by atoms with Crippen molar-refractivity contribution in [3.8, 4) is 0 Å². The number of hydrogen-bond donors (Lipinski definition) is 3. The quantitative estimate of drug-likeness (QED) is 0.323. The normalized spacial score (nSPS) is 10.2. The molecule has 0 amide bonds. The highest BCUT2D eigenvalue weighted by atomic mass is 32.1. The molecule has 0 aliphatic carbocycles. The summed E-state index contributed by atoms with van der Waals surface area (Å²) in [6.45, 7) is 4.91. The Hall–Kier alpha value is -0.720. The number of nitrogens with one attached hydrogen (secondary N) is 2. The summed E-state index contributed by atoms with van der Waals surface area (Å²) in [7, 11) is 0. The van der Waals surface area contributed by atoms with Gasteiger partial charge in [0.05, 0.1) is 11.5 Å². The third-order valence-corrected chi connectivity index (χ3v) is 1.53. The zero-order chi connectivity index (χ0) is 11.0. The maximum Gasteiger partial charge on any atom is 0.331 e. The van der Waals surface area contributed by atoms with Gasteiger partial charge in [-0.3, -0.25) is 4.84 Å². The number of hydrogen-bond acceptors (Lipinski definition) is 4. The van der Waals surface area contributed by atoms with E-state index in [-0.39, 0.29) is 6.61 Å². The van der Waals surface area contributed by atoms with Gasteiger partial charge in [0.25, 0.3) is 0 Å². The summed E-state index contributed by atoms with van der Waals surface area (Å²) in [5, 5.41) is 11.3. The summed E-state index contributed by atoms with van der Waals surface area (Å²) in [5.74, 6) is -0.494. The van der Waals surface area contributed by atoms with Crippen LogP contribution in [0.3, 0.4) is 0 Å². The summed E-state index contributed by atoms with van der Waals surface area (Å²) in [6, 6.07) is 0. The Kier molecular flexibility index (Phi) is 7.27. The fourth-order valence-corrected chi connectivity index (χ4v) is 0.752. The van der Waals surface area contributed by atoms with E-state index in [0.717, 1.165) is 6.54 Å². The van der Waals surface area contributed by atoms with Crippen LogP contribution in [0.4, 0.5) is 0 Å². The molecule has 14 heavy (non-hydrogen) atoms. The Balaban J connectivity index is 3.31. The summed E-state index contributed by atoms with van der Waals surface area (Å²) < 4.78 is 0. The summed E-state index contributed by atoms with van der Waals surface area (Å²) in [5.41, 5.74) is 2.46. The van der Waals surface area contributed by atoms with E-state index >= 15 is 0 Å². The van der Waals surface area contributed by atoms with E-state index in [4.69, 9.17) is 17.3 Å². The Morgan fingerprint density at radius 2 is 2.21 bits per heavy atom. The van der Waals surface area contributed by atoms with Crippen LogP contribution in [0.15, 0.2) is 0 Å². The van der Waals surface area contributed by atoms with E-state index in [1.807, 2.05) is 0 Å². The second kappa shape index (κ2) is 7.66. The number of aliphatic carboxylic acids is 1. The van der Waals surface area contributed by atoms with E-state index in [1.165, 1.54) is 0 Å². The van der Waals surface area contributed by atoms with Crippen molar-refractivity contribution in [2.45, 2.75) is 13.8 Å². The number of carbonyl (C=O) groups is 1. The van der Waals surface area contributed by atoms with Crippen molar-refractivity contribution in [3.63, 3.8) is 0 Å². The summed E-state index contributed by atoms with van der Waals surface area (Å²) in [4.78, 5) is 15.3. The third-order valence-electron chi connectivity index (χ3n) is 1.24. The SMILES string of the molecule is CC(C)CNC(=S)CNOCC(=O)O. The van der Waals surface area contributed by atoms with Gasteiger partial charge in [0.2, 0.25) is 0 Å². The largest absolute Gasteiger partial charge is 0.479 e. The lowest BCUT2D eigenvalue weighted by Gasteiger charge is -2.10. The van der Waals surface area contributed by atoms with Gasteiger partial charge in [-0.25, -0.2) is 4.79 Å². The molecule has 6 heteroatoms. The van der Waals surface area contributed by atoms with E-state index in [9.17, 15) is 4.79 Å². The highest BCUT2D eigenvalue weighted by Gasteiger charge is 1.99. The molecule has 3 N–H and O–H groups in total. The minimum Gasteiger partial charge on any atom is -0.479 e. The van der Waals surface area contributed by atoms with Crippen molar-refractivity contribution in [1.29, 1.82) is 0 Å². The number of carboxylic acid groups (broad SMARTS) is 1. The first-order valence-electron chi connectivity index (χ1n) is 4.35. The second-order valence-electron chi connectivity index (χ2n) is 3.20. The van der Waals surface area contributed by atoms with Gasteiger partial charge in [-0.2, -0.15) is 5.48 Å². The van der Waals surface area contributed by atoms with Crippen LogP contribution in [0.2, 0.25) is 0 Å². The lowest BCUT2D eigenvalue weighted by molar-refractivity contribution is -0.144. The zero-order valence-corrected chi connectivity index (χ0v) is 9.19. The molecular formula is C8H16N2O3S. The molecule has 82 valence electrons. The lowest BCUT2D eigenvalue weighted by Crippen LogP contribution is -2.35. The molecule has 0 fully saturated rings. The van der Waals surface area contributed by atoms with Gasteiger partial charge in [-0.05, 0) is 5.92 Å². The van der Waals surface area contributed by atoms with Crippen molar-refractivity contribution in [3.05, 3.63) is 0 Å². The molecule has 0 aromatic carbocycles. The smallest absolute Gasteiger partial charge is 0.331 e. The Labute approximate surface area is 88.8 Å². The maximum absolute atomic E-state index is 10.0. The molecule has 0 bridgehead atoms. The van der Waals surface area contributed by atoms with Crippen LogP contribution in [-0.4, -0.2) is 35.8 Å². The standard InChI is InChI=1S/C8H16N2O3S/c1-6(2)3-9-7(14)4-10-13-5-8(11)12/h6,10H,3-5H2,1-2H3,(H,9,14)(H,11,12). The summed E-state index contributed by atoms with van der Waals surface area (Å²) in [6.07, 6.45) is 0. The first-order chi connectivity index (χ1) is 6.52. The number of thiocarbonyl (C=S) groups is 1. The van der Waals surface area contributed by atoms with Crippen molar-refractivity contribution < 1.29 is 14.7 Å². The highest BCUT2D eigenvalue weighted by molar-refractivity contribution is 7.80. The minimum absolute atomic E-state index is 0.329. The lowest BCUT2D eigenvalue weighted by atomic mass is 10.2. The molecule has 0 aliphatic heterocycles. The first kappa shape index (κ1) is 13.3. The fraction of sp³-hybridized carbons (Fsp3) is 0.750. The van der Waals surface area contributed by atoms with Crippen molar-refractivity contribution >= 4 is 23.2 Å². The molecule has 0 saturated carbocycles. The average Bonchev–Trinajstić information content (AvgIpc) is 2.08. The van der Waals surface area contributed by atoms with Crippen molar-refractivity contribution in [1.82, 2.24) is 10.8 Å². The number of carboxylic acids is 1. The molecule has 0 rings (SSSR count). The van der Waals surface area contributed by atoms with E-state index in [0.29, 0.717) is 17.5 Å². The Bertz CT molecular complexity index is 197. The van der Waals surface area contributed by atoms with Gasteiger partial charge in [0, 0.05) is 6.54 Å². The molecule has 0 atom stereocenters. The molecule has 0 unspecified atom stereocenters. The average molecular weight is 220 g/mol. The van der Waals surface area contributed by atoms with Gasteiger partial charge in [-0.15, -0.1) is 0 Å². The third kappa shape index (κ3) is 9.37. The first-order valence-corrected chi connectivity index (χ1v) is 4.76. The molecule has 5 nitrogen and oxygen atoms in total. The predicted octanol–water partition coefficient (Wildman–Crippen LogP) is 0.165. The molecule has 0 heterocycles. The van der Waals surface area contributed by atoms with Crippen LogP contribution >= 0.6 is 12.2 Å². The van der Waals surface area contributed by atoms with Gasteiger partial charge in [-0.1, -0.05) is 26.1 Å². The van der Waals surface area contributed by atoms with Crippen LogP contribution in [-0.2, 0) is 9.63 Å².